The van der Waals surface area contributed by atoms with E-state index in [-0.39, 0.29) is 12.0 Å². The molecular formula is C18H21NO4S. The van der Waals surface area contributed by atoms with Crippen LogP contribution >= 0.6 is 11.3 Å². The second kappa shape index (κ2) is 7.49. The largest absolute Gasteiger partial charge is 0.462 e. The van der Waals surface area contributed by atoms with Crippen LogP contribution in [0.4, 0.5) is 5.00 Å². The van der Waals surface area contributed by atoms with Gasteiger partial charge < -0.3 is 14.5 Å². The zero-order chi connectivity index (χ0) is 17.9. The van der Waals surface area contributed by atoms with E-state index in [1.54, 1.807) is 26.0 Å². The van der Waals surface area contributed by atoms with Crippen molar-refractivity contribution in [2.45, 2.75) is 40.7 Å². The number of thiophene rings is 1. The van der Waals surface area contributed by atoms with Gasteiger partial charge in [0.1, 0.15) is 16.5 Å². The maximum atomic E-state index is 12.3. The maximum Gasteiger partial charge on any atom is 0.341 e. The van der Waals surface area contributed by atoms with E-state index in [0.29, 0.717) is 16.3 Å². The average Bonchev–Trinajstić information content (AvgIpc) is 3.00. The van der Waals surface area contributed by atoms with Crippen LogP contribution in [-0.2, 0) is 9.53 Å². The molecule has 6 heteroatoms. The Bertz CT molecular complexity index is 783. The second-order valence-corrected chi connectivity index (χ2v) is 6.94. The van der Waals surface area contributed by atoms with E-state index >= 15 is 0 Å². The maximum absolute atomic E-state index is 12.3. The van der Waals surface area contributed by atoms with Gasteiger partial charge in [-0.2, -0.15) is 0 Å². The van der Waals surface area contributed by atoms with Crippen molar-refractivity contribution in [3.05, 3.63) is 45.7 Å². The third-order valence-electron chi connectivity index (χ3n) is 3.33. The predicted molar refractivity (Wildman–Crippen MR) is 95.5 cm³/mol. The summed E-state index contributed by atoms with van der Waals surface area (Å²) in [5.41, 5.74) is 1.24. The van der Waals surface area contributed by atoms with Gasteiger partial charge in [0.15, 0.2) is 0 Å². The molecule has 5 nitrogen and oxygen atoms in total. The molecule has 2 aromatic heterocycles. The highest BCUT2D eigenvalue weighted by Crippen LogP contribution is 2.33. The van der Waals surface area contributed by atoms with Crippen molar-refractivity contribution < 1.29 is 18.7 Å². The standard InChI is InChI=1S/C18H21NO4S/c1-10(2)22-18(21)16-12(4)13(5)24-17(16)19-15(20)9-8-14-7-6-11(3)23-14/h6-10H,1-5H3,(H,19,20)/b9-8+. The molecule has 0 radical (unpaired) electrons. The van der Waals surface area contributed by atoms with Gasteiger partial charge in [-0.1, -0.05) is 0 Å². The first kappa shape index (κ1) is 18.0. The van der Waals surface area contributed by atoms with Crippen LogP contribution in [0.5, 0.6) is 0 Å². The Labute approximate surface area is 145 Å². The lowest BCUT2D eigenvalue weighted by Crippen LogP contribution is -2.15. The quantitative estimate of drug-likeness (QED) is 0.639. The van der Waals surface area contributed by atoms with Crippen LogP contribution in [0.1, 0.15) is 46.2 Å². The Morgan fingerprint density at radius 1 is 1.25 bits per heavy atom. The summed E-state index contributed by atoms with van der Waals surface area (Å²) >= 11 is 1.36. The molecule has 0 unspecified atom stereocenters. The summed E-state index contributed by atoms with van der Waals surface area (Å²) in [6, 6.07) is 3.60. The van der Waals surface area contributed by atoms with Crippen LogP contribution < -0.4 is 5.32 Å². The number of esters is 1. The Hall–Kier alpha value is -2.34. The van der Waals surface area contributed by atoms with Crippen molar-refractivity contribution in [3.63, 3.8) is 0 Å². The summed E-state index contributed by atoms with van der Waals surface area (Å²) in [6.07, 6.45) is 2.74. The first-order valence-electron chi connectivity index (χ1n) is 7.64. The molecule has 0 spiro atoms. The Balaban J connectivity index is 2.17. The molecule has 0 saturated heterocycles. The van der Waals surface area contributed by atoms with Crippen LogP contribution in [0.15, 0.2) is 22.6 Å². The highest BCUT2D eigenvalue weighted by molar-refractivity contribution is 7.16. The van der Waals surface area contributed by atoms with E-state index < -0.39 is 5.97 Å². The smallest absolute Gasteiger partial charge is 0.341 e. The second-order valence-electron chi connectivity index (χ2n) is 5.71. The molecule has 0 atom stereocenters. The zero-order valence-electron chi connectivity index (χ0n) is 14.4. The average molecular weight is 347 g/mol. The van der Waals surface area contributed by atoms with Gasteiger partial charge in [-0.3, -0.25) is 4.79 Å². The molecule has 2 aromatic rings. The molecule has 0 aromatic carbocycles. The Kier molecular flexibility index (Phi) is 5.62. The van der Waals surface area contributed by atoms with Crippen molar-refractivity contribution in [1.29, 1.82) is 0 Å². The molecule has 0 fully saturated rings. The van der Waals surface area contributed by atoms with Gasteiger partial charge in [-0.05, 0) is 58.4 Å². The van der Waals surface area contributed by atoms with Gasteiger partial charge in [0.2, 0.25) is 5.91 Å². The fraction of sp³-hybridized carbons (Fsp3) is 0.333. The Morgan fingerprint density at radius 3 is 2.54 bits per heavy atom. The minimum absolute atomic E-state index is 0.220. The molecule has 1 N–H and O–H groups in total. The summed E-state index contributed by atoms with van der Waals surface area (Å²) in [5, 5.41) is 3.25. The van der Waals surface area contributed by atoms with Crippen LogP contribution in [0.2, 0.25) is 0 Å². The van der Waals surface area contributed by atoms with Crippen molar-refractivity contribution in [1.82, 2.24) is 0 Å². The van der Waals surface area contributed by atoms with Crippen molar-refractivity contribution in [3.8, 4) is 0 Å². The van der Waals surface area contributed by atoms with E-state index in [2.05, 4.69) is 5.32 Å². The lowest BCUT2D eigenvalue weighted by atomic mass is 10.1. The molecule has 0 bridgehead atoms. The summed E-state index contributed by atoms with van der Waals surface area (Å²) in [4.78, 5) is 25.4. The van der Waals surface area contributed by atoms with E-state index in [9.17, 15) is 9.59 Å². The van der Waals surface area contributed by atoms with Crippen LogP contribution in [0, 0.1) is 20.8 Å². The number of ether oxygens (including phenoxy) is 1. The van der Waals surface area contributed by atoms with Gasteiger partial charge in [-0.25, -0.2) is 4.79 Å². The Morgan fingerprint density at radius 2 is 1.96 bits per heavy atom. The van der Waals surface area contributed by atoms with E-state index in [1.807, 2.05) is 26.8 Å². The van der Waals surface area contributed by atoms with Gasteiger partial charge in [0, 0.05) is 11.0 Å². The lowest BCUT2D eigenvalue weighted by molar-refractivity contribution is -0.111. The van der Waals surface area contributed by atoms with Crippen LogP contribution in [-0.4, -0.2) is 18.0 Å². The monoisotopic (exact) mass is 347 g/mol. The number of furan rings is 1. The molecule has 0 saturated carbocycles. The first-order valence-corrected chi connectivity index (χ1v) is 8.46. The summed E-state index contributed by atoms with van der Waals surface area (Å²) in [7, 11) is 0. The lowest BCUT2D eigenvalue weighted by Gasteiger charge is -2.09. The fourth-order valence-corrected chi connectivity index (χ4v) is 3.14. The molecule has 1 amide bonds. The molecule has 128 valence electrons. The van der Waals surface area contributed by atoms with Crippen LogP contribution in [0.3, 0.4) is 0 Å². The number of rotatable bonds is 5. The van der Waals surface area contributed by atoms with E-state index in [0.717, 1.165) is 16.2 Å². The number of hydrogen-bond acceptors (Lipinski definition) is 5. The third kappa shape index (κ3) is 4.35. The van der Waals surface area contributed by atoms with Crippen LogP contribution in [0.25, 0.3) is 6.08 Å². The topological polar surface area (TPSA) is 68.5 Å². The number of amides is 1. The fourth-order valence-electron chi connectivity index (χ4n) is 2.09. The number of anilines is 1. The minimum atomic E-state index is -0.423. The van der Waals surface area contributed by atoms with Crippen molar-refractivity contribution in [2.75, 3.05) is 5.32 Å². The number of carbonyl (C=O) groups excluding carboxylic acids is 2. The third-order valence-corrected chi connectivity index (χ3v) is 4.45. The normalized spacial score (nSPS) is 11.2. The molecule has 24 heavy (non-hydrogen) atoms. The number of nitrogens with one attached hydrogen (secondary N) is 1. The molecule has 2 rings (SSSR count). The van der Waals surface area contributed by atoms with Gasteiger partial charge in [-0.15, -0.1) is 11.3 Å². The highest BCUT2D eigenvalue weighted by Gasteiger charge is 2.22. The summed E-state index contributed by atoms with van der Waals surface area (Å²) in [5.74, 6) is 0.621. The van der Waals surface area contributed by atoms with Crippen molar-refractivity contribution in [2.24, 2.45) is 0 Å². The number of carbonyl (C=O) groups is 2. The molecule has 0 aliphatic heterocycles. The van der Waals surface area contributed by atoms with Crippen molar-refractivity contribution >= 4 is 34.3 Å². The van der Waals surface area contributed by atoms with E-state index in [1.165, 1.54) is 17.4 Å². The molecule has 0 aliphatic carbocycles. The summed E-state index contributed by atoms with van der Waals surface area (Å²) in [6.45, 7) is 9.17. The number of aryl methyl sites for hydroxylation is 2. The first-order chi connectivity index (χ1) is 11.3. The van der Waals surface area contributed by atoms with E-state index in [4.69, 9.17) is 9.15 Å². The van der Waals surface area contributed by atoms with Gasteiger partial charge in [0.05, 0.1) is 11.7 Å². The summed E-state index contributed by atoms with van der Waals surface area (Å²) < 4.78 is 10.6. The molecule has 0 aliphatic rings. The zero-order valence-corrected chi connectivity index (χ0v) is 15.2. The van der Waals surface area contributed by atoms with Gasteiger partial charge >= 0.3 is 5.97 Å². The minimum Gasteiger partial charge on any atom is -0.462 e. The van der Waals surface area contributed by atoms with Gasteiger partial charge in [0.25, 0.3) is 0 Å². The highest BCUT2D eigenvalue weighted by atomic mass is 32.1. The molecular weight excluding hydrogens is 326 g/mol. The SMILES string of the molecule is Cc1ccc(/C=C/C(=O)Nc2sc(C)c(C)c2C(=O)OC(C)C)o1. The molecule has 2 heterocycles. The number of hydrogen-bond donors (Lipinski definition) is 1. The predicted octanol–water partition coefficient (Wildman–Crippen LogP) is 4.48.